The monoisotopic (exact) mass is 785 g/mol. The minimum Gasteiger partial charge on any atom is -0.395 e. The normalized spacial score (nSPS) is 20.1. The molecule has 3 saturated heterocycles. The lowest BCUT2D eigenvalue weighted by atomic mass is 9.90. The summed E-state index contributed by atoms with van der Waals surface area (Å²) >= 11 is 0. The number of aryl methyl sites for hydroxylation is 1. The van der Waals surface area contributed by atoms with Gasteiger partial charge in [-0.3, -0.25) is 29.5 Å². The van der Waals surface area contributed by atoms with Gasteiger partial charge in [0.1, 0.15) is 11.6 Å². The average Bonchev–Trinajstić information content (AvgIpc) is 3.24. The number of piperazine rings is 2. The number of β-amino-alcohol motifs (C(OH)–C–C–N with tert-alkyl or cyclic N) is 1. The quantitative estimate of drug-likeness (QED) is 0.122. The molecular weight excluding hydrogens is 731 g/mol. The third-order valence-corrected chi connectivity index (χ3v) is 11.4. The molecule has 13 nitrogen and oxygen atoms in total. The van der Waals surface area contributed by atoms with Gasteiger partial charge in [0.2, 0.25) is 17.7 Å². The zero-order valence-corrected chi connectivity index (χ0v) is 33.4. The second-order valence-corrected chi connectivity index (χ2v) is 15.4. The highest BCUT2D eigenvalue weighted by molar-refractivity contribution is 6.23. The minimum absolute atomic E-state index is 0.0505. The summed E-state index contributed by atoms with van der Waals surface area (Å²) < 4.78 is 0. The number of carbonyl (C=O) groups is 3. The van der Waals surface area contributed by atoms with Crippen LogP contribution in [0.4, 0.5) is 5.69 Å². The molecule has 4 heterocycles. The third-order valence-electron chi connectivity index (χ3n) is 11.4. The predicted molar refractivity (Wildman–Crippen MR) is 227 cm³/mol. The first-order valence-corrected chi connectivity index (χ1v) is 20.5. The molecule has 3 aromatic carbocycles. The summed E-state index contributed by atoms with van der Waals surface area (Å²) in [6.45, 7) is 10.2. The summed E-state index contributed by atoms with van der Waals surface area (Å²) in [4.78, 5) is 51.1. The topological polar surface area (TPSA) is 157 Å². The molecule has 0 spiro atoms. The molecule has 304 valence electrons. The van der Waals surface area contributed by atoms with E-state index >= 15 is 0 Å². The molecule has 3 aromatic rings. The number of carbonyl (C=O) groups excluding carboxylic acids is 3. The van der Waals surface area contributed by atoms with Gasteiger partial charge in [0.25, 0.3) is 0 Å². The van der Waals surface area contributed by atoms with Gasteiger partial charge in [-0.15, -0.1) is 0 Å². The predicted octanol–water partition coefficient (Wildman–Crippen LogP) is 3.65. The van der Waals surface area contributed by atoms with Gasteiger partial charge in [-0.25, -0.2) is 4.99 Å². The van der Waals surface area contributed by atoms with E-state index in [1.807, 2.05) is 66.4 Å². The molecule has 3 fully saturated rings. The molecular formula is C45H55N9O4. The fourth-order valence-corrected chi connectivity index (χ4v) is 8.17. The van der Waals surface area contributed by atoms with Gasteiger partial charge in [-0.05, 0) is 67.6 Å². The van der Waals surface area contributed by atoms with Crippen molar-refractivity contribution in [1.82, 2.24) is 30.2 Å². The summed E-state index contributed by atoms with van der Waals surface area (Å²) in [5, 5.41) is 27.4. The second-order valence-electron chi connectivity index (χ2n) is 15.4. The summed E-state index contributed by atoms with van der Waals surface area (Å²) in [6, 6.07) is 26.2. The van der Waals surface area contributed by atoms with E-state index in [1.54, 1.807) is 0 Å². The zero-order valence-electron chi connectivity index (χ0n) is 33.4. The fourth-order valence-electron chi connectivity index (χ4n) is 8.17. The van der Waals surface area contributed by atoms with E-state index in [0.717, 1.165) is 98.1 Å². The summed E-state index contributed by atoms with van der Waals surface area (Å²) in [5.41, 5.74) is 6.91. The van der Waals surface area contributed by atoms with Gasteiger partial charge >= 0.3 is 0 Å². The number of nitrogens with zero attached hydrogens (tertiary/aromatic N) is 5. The molecule has 0 radical (unpaired) electrons. The number of aliphatic imine (C=N–C) groups is 1. The Balaban J connectivity index is 0.939. The SMILES string of the molecule is CC(=N)/C(=C1/N=C(c2cccc(CCCN3CCN(C(=O)CNc4cccc(C5CCC(=O)NC5=O)c4)CC3)c2)C=C(N2CCN(CCO)CC2)N1)c1ccccc1. The van der Waals surface area contributed by atoms with Gasteiger partial charge < -0.3 is 30.9 Å². The maximum Gasteiger partial charge on any atom is 0.241 e. The molecule has 0 bridgehead atoms. The summed E-state index contributed by atoms with van der Waals surface area (Å²) in [7, 11) is 0. The highest BCUT2D eigenvalue weighted by atomic mass is 16.3. The third kappa shape index (κ3) is 10.3. The number of allylic oxidation sites excluding steroid dienone is 2. The molecule has 7 rings (SSSR count). The van der Waals surface area contributed by atoms with Crippen LogP contribution < -0.4 is 16.0 Å². The number of aliphatic hydroxyl groups excluding tert-OH is 1. The molecule has 58 heavy (non-hydrogen) atoms. The van der Waals surface area contributed by atoms with Gasteiger partial charge in [-0.1, -0.05) is 60.7 Å². The van der Waals surface area contributed by atoms with E-state index in [0.29, 0.717) is 44.0 Å². The number of rotatable bonds is 14. The molecule has 0 aliphatic carbocycles. The van der Waals surface area contributed by atoms with E-state index in [2.05, 4.69) is 61.0 Å². The highest BCUT2D eigenvalue weighted by Crippen LogP contribution is 2.28. The average molecular weight is 786 g/mol. The van der Waals surface area contributed by atoms with E-state index in [4.69, 9.17) is 10.4 Å². The number of imide groups is 1. The van der Waals surface area contributed by atoms with Crippen molar-refractivity contribution in [3.63, 3.8) is 0 Å². The van der Waals surface area contributed by atoms with E-state index in [1.165, 1.54) is 5.56 Å². The molecule has 1 atom stereocenters. The number of aliphatic hydroxyl groups is 1. The molecule has 0 saturated carbocycles. The van der Waals surface area contributed by atoms with Crippen molar-refractivity contribution in [2.75, 3.05) is 83.9 Å². The Morgan fingerprint density at radius 1 is 0.879 bits per heavy atom. The Morgan fingerprint density at radius 2 is 1.62 bits per heavy atom. The van der Waals surface area contributed by atoms with Gasteiger partial charge in [0, 0.05) is 93.9 Å². The summed E-state index contributed by atoms with van der Waals surface area (Å²) in [5.74, 6) is 0.826. The van der Waals surface area contributed by atoms with E-state index in [9.17, 15) is 19.5 Å². The van der Waals surface area contributed by atoms with Crippen LogP contribution in [-0.4, -0.2) is 132 Å². The lowest BCUT2D eigenvalue weighted by Gasteiger charge is -2.38. The Kier molecular flexibility index (Phi) is 13.4. The van der Waals surface area contributed by atoms with Crippen molar-refractivity contribution in [2.24, 2.45) is 4.99 Å². The van der Waals surface area contributed by atoms with Crippen molar-refractivity contribution >= 4 is 40.4 Å². The van der Waals surface area contributed by atoms with Crippen LogP contribution >= 0.6 is 0 Å². The Labute approximate surface area is 341 Å². The Hall–Kier alpha value is -5.63. The van der Waals surface area contributed by atoms with Crippen LogP contribution in [0.3, 0.4) is 0 Å². The maximum absolute atomic E-state index is 13.1. The van der Waals surface area contributed by atoms with Crippen molar-refractivity contribution in [3.05, 3.63) is 119 Å². The molecule has 3 amide bonds. The molecule has 1 unspecified atom stereocenters. The number of nitrogens with one attached hydrogen (secondary N) is 4. The van der Waals surface area contributed by atoms with E-state index in [-0.39, 0.29) is 36.8 Å². The first-order valence-electron chi connectivity index (χ1n) is 20.5. The molecule has 4 aliphatic rings. The zero-order chi connectivity index (χ0) is 40.4. The van der Waals surface area contributed by atoms with Crippen molar-refractivity contribution in [3.8, 4) is 0 Å². The van der Waals surface area contributed by atoms with Crippen LogP contribution in [0.25, 0.3) is 5.57 Å². The molecule has 4 aliphatic heterocycles. The number of anilines is 1. The van der Waals surface area contributed by atoms with Crippen LogP contribution in [-0.2, 0) is 20.8 Å². The lowest BCUT2D eigenvalue weighted by Crippen LogP contribution is -2.50. The molecule has 5 N–H and O–H groups in total. The van der Waals surface area contributed by atoms with Crippen LogP contribution in [0.5, 0.6) is 0 Å². The Morgan fingerprint density at radius 3 is 2.36 bits per heavy atom. The minimum atomic E-state index is -0.362. The number of amides is 3. The number of hydrogen-bond donors (Lipinski definition) is 5. The van der Waals surface area contributed by atoms with Gasteiger partial charge in [0.05, 0.1) is 24.8 Å². The van der Waals surface area contributed by atoms with Crippen molar-refractivity contribution in [1.29, 1.82) is 5.41 Å². The van der Waals surface area contributed by atoms with Gasteiger partial charge in [0.15, 0.2) is 0 Å². The standard InChI is InChI=1S/C45H55N9O4/c1-32(46)43(34-10-3-2-4-11-34)44-48-39(30-40(49-44)53-22-18-52(19-23-53)26-27-55)36-13-5-8-33(28-36)9-7-17-51-20-24-54(25-21-51)42(57)31-47-37-14-6-12-35(29-37)38-15-16-41(56)50-45(38)58/h2-6,8,10-14,28-30,38,46-47,49,55H,7,9,15-27,31H2,1H3,(H,50,56,58)/b44-43+,46-32?. The van der Waals surface area contributed by atoms with E-state index < -0.39 is 0 Å². The largest absolute Gasteiger partial charge is 0.395 e. The van der Waals surface area contributed by atoms with Crippen LogP contribution in [0.1, 0.15) is 54.4 Å². The second kappa shape index (κ2) is 19.2. The number of piperidine rings is 1. The maximum atomic E-state index is 13.1. The fraction of sp³-hybridized carbons (Fsp3) is 0.400. The smallest absolute Gasteiger partial charge is 0.241 e. The highest BCUT2D eigenvalue weighted by Gasteiger charge is 2.29. The lowest BCUT2D eigenvalue weighted by molar-refractivity contribution is -0.134. The van der Waals surface area contributed by atoms with Crippen molar-refractivity contribution in [2.45, 2.75) is 38.5 Å². The molecule has 0 aromatic heterocycles. The van der Waals surface area contributed by atoms with Crippen LogP contribution in [0, 0.1) is 5.41 Å². The number of benzene rings is 3. The van der Waals surface area contributed by atoms with Crippen molar-refractivity contribution < 1.29 is 19.5 Å². The van der Waals surface area contributed by atoms with Crippen LogP contribution in [0.15, 0.2) is 102 Å². The first kappa shape index (κ1) is 40.6. The number of hydrogen-bond acceptors (Lipinski definition) is 11. The molecule has 13 heteroatoms. The Bertz CT molecular complexity index is 2060. The first-order chi connectivity index (χ1) is 28.2. The summed E-state index contributed by atoms with van der Waals surface area (Å²) in [6.07, 6.45) is 4.85. The van der Waals surface area contributed by atoms with Gasteiger partial charge in [-0.2, -0.15) is 0 Å². The van der Waals surface area contributed by atoms with Crippen LogP contribution in [0.2, 0.25) is 0 Å².